The summed E-state index contributed by atoms with van der Waals surface area (Å²) in [5, 5.41) is 12.5. The number of fused-ring (bicyclic) bond motifs is 2. The van der Waals surface area contributed by atoms with Crippen molar-refractivity contribution in [2.45, 2.75) is 75.1 Å². The van der Waals surface area contributed by atoms with Crippen LogP contribution in [0.4, 0.5) is 9.18 Å². The molecule has 1 aliphatic carbocycles. The van der Waals surface area contributed by atoms with Crippen molar-refractivity contribution in [1.29, 1.82) is 5.26 Å². The first-order chi connectivity index (χ1) is 17.1. The maximum absolute atomic E-state index is 15.0. The molecule has 2 aromatic carbocycles. The van der Waals surface area contributed by atoms with Crippen molar-refractivity contribution in [1.82, 2.24) is 10.2 Å². The number of ether oxygens (including phenoxy) is 1. The van der Waals surface area contributed by atoms with Crippen molar-refractivity contribution in [3.8, 4) is 17.2 Å². The van der Waals surface area contributed by atoms with E-state index in [2.05, 4.69) is 11.4 Å². The fraction of sp³-hybridized carbons (Fsp3) is 0.464. The molecule has 2 unspecified atom stereocenters. The largest absolute Gasteiger partial charge is 0.444 e. The molecule has 1 heterocycles. The van der Waals surface area contributed by atoms with E-state index in [0.29, 0.717) is 5.56 Å². The second kappa shape index (κ2) is 10.5. The number of carbonyl (C=O) groups is 2. The number of nitriles is 1. The molecule has 2 aromatic rings. The number of amides is 2. The predicted octanol–water partition coefficient (Wildman–Crippen LogP) is 5.55. The number of carbonyl (C=O) groups excluding carboxylic acids is 2. The van der Waals surface area contributed by atoms with Crippen LogP contribution in [-0.2, 0) is 16.0 Å². The molecule has 1 N–H and O–H groups in total. The highest BCUT2D eigenvalue weighted by Crippen LogP contribution is 2.43. The van der Waals surface area contributed by atoms with Gasteiger partial charge in [0.2, 0.25) is 5.91 Å². The smallest absolute Gasteiger partial charge is 0.411 e. The Morgan fingerprint density at radius 2 is 1.97 bits per heavy atom. The first-order valence-electron chi connectivity index (χ1n) is 12.2. The van der Waals surface area contributed by atoms with Crippen molar-refractivity contribution in [3.05, 3.63) is 53.8 Å². The van der Waals surface area contributed by atoms with Crippen molar-refractivity contribution < 1.29 is 18.7 Å². The lowest BCUT2D eigenvalue weighted by molar-refractivity contribution is -0.128. The van der Waals surface area contributed by atoms with Crippen LogP contribution in [0.5, 0.6) is 0 Å². The molecule has 6 nitrogen and oxygen atoms in total. The Morgan fingerprint density at radius 1 is 1.22 bits per heavy atom. The van der Waals surface area contributed by atoms with Gasteiger partial charge in [0.15, 0.2) is 0 Å². The Balaban J connectivity index is 1.46. The van der Waals surface area contributed by atoms with E-state index in [1.165, 1.54) is 6.07 Å². The lowest BCUT2D eigenvalue weighted by Crippen LogP contribution is -2.55. The number of nitrogens with one attached hydrogen (secondary N) is 1. The lowest BCUT2D eigenvalue weighted by atomic mass is 9.97. The molecular formula is C28H32FN3O3S. The van der Waals surface area contributed by atoms with Gasteiger partial charge in [-0.1, -0.05) is 24.3 Å². The van der Waals surface area contributed by atoms with E-state index in [9.17, 15) is 14.9 Å². The van der Waals surface area contributed by atoms with Gasteiger partial charge in [0, 0.05) is 17.4 Å². The molecule has 36 heavy (non-hydrogen) atoms. The molecule has 2 amide bonds. The summed E-state index contributed by atoms with van der Waals surface area (Å²) in [7, 11) is 0. The first kappa shape index (κ1) is 26.0. The van der Waals surface area contributed by atoms with E-state index in [1.807, 2.05) is 36.6 Å². The Labute approximate surface area is 216 Å². The normalized spacial score (nSPS) is 21.7. The third-order valence-corrected chi connectivity index (χ3v) is 7.54. The first-order valence-corrected chi connectivity index (χ1v) is 13.5. The van der Waals surface area contributed by atoms with Crippen LogP contribution in [0.15, 0.2) is 47.4 Å². The Bertz CT molecular complexity index is 1190. The van der Waals surface area contributed by atoms with Crippen LogP contribution in [0.2, 0.25) is 0 Å². The highest BCUT2D eigenvalue weighted by atomic mass is 32.2. The Kier molecular flexibility index (Phi) is 7.60. The fourth-order valence-electron chi connectivity index (χ4n) is 5.20. The standard InChI is InChI=1S/C28H32FN3O3S/c1-28(2,3)35-27(34)32-22-11-10-20(13-22)25(32)26(33)31-21(16-30)12-19-9-8-18(15-24(19)29)17-6-5-7-23(14-17)36-4/h5-9,14-15,20-22,25H,10-13H2,1-4H3,(H,31,33)/t20?,21?,22-,25+/m1/s1. The van der Waals surface area contributed by atoms with Crippen LogP contribution in [0, 0.1) is 23.1 Å². The number of thioether (sulfide) groups is 1. The summed E-state index contributed by atoms with van der Waals surface area (Å²) in [6, 6.07) is 13.3. The highest BCUT2D eigenvalue weighted by molar-refractivity contribution is 7.98. The zero-order chi connectivity index (χ0) is 26.0. The molecule has 4 rings (SSSR count). The molecule has 1 saturated heterocycles. The minimum atomic E-state index is -0.919. The monoisotopic (exact) mass is 509 g/mol. The van der Waals surface area contributed by atoms with Gasteiger partial charge in [-0.15, -0.1) is 11.8 Å². The lowest BCUT2D eigenvalue weighted by Gasteiger charge is -2.35. The van der Waals surface area contributed by atoms with Crippen molar-refractivity contribution >= 4 is 23.8 Å². The Hall–Kier alpha value is -3.05. The van der Waals surface area contributed by atoms with Gasteiger partial charge in [-0.2, -0.15) is 5.26 Å². The quantitative estimate of drug-likeness (QED) is 0.516. The summed E-state index contributed by atoms with van der Waals surface area (Å²) in [4.78, 5) is 28.7. The van der Waals surface area contributed by atoms with Crippen LogP contribution >= 0.6 is 11.8 Å². The van der Waals surface area contributed by atoms with Crippen molar-refractivity contribution in [2.75, 3.05) is 6.26 Å². The topological polar surface area (TPSA) is 82.4 Å². The predicted molar refractivity (Wildman–Crippen MR) is 138 cm³/mol. The summed E-state index contributed by atoms with van der Waals surface area (Å²) in [6.45, 7) is 5.37. The van der Waals surface area contributed by atoms with Gasteiger partial charge < -0.3 is 10.1 Å². The van der Waals surface area contributed by atoms with Crippen LogP contribution in [0.1, 0.15) is 45.6 Å². The molecule has 0 aromatic heterocycles. The summed E-state index contributed by atoms with van der Waals surface area (Å²) in [5.74, 6) is -0.771. The third kappa shape index (κ3) is 5.67. The maximum Gasteiger partial charge on any atom is 0.411 e. The van der Waals surface area contributed by atoms with Crippen molar-refractivity contribution in [2.24, 2.45) is 5.92 Å². The van der Waals surface area contributed by atoms with Crippen molar-refractivity contribution in [3.63, 3.8) is 0 Å². The Morgan fingerprint density at radius 3 is 2.64 bits per heavy atom. The van der Waals surface area contributed by atoms with Crippen LogP contribution < -0.4 is 5.32 Å². The van der Waals surface area contributed by atoms with Gasteiger partial charge in [0.1, 0.15) is 23.5 Å². The highest BCUT2D eigenvalue weighted by Gasteiger charge is 2.52. The molecule has 8 heteroatoms. The average Bonchev–Trinajstić information content (AvgIpc) is 3.45. The number of piperidine rings is 1. The van der Waals surface area contributed by atoms with Gasteiger partial charge in [0.05, 0.1) is 6.07 Å². The average molecular weight is 510 g/mol. The van der Waals surface area contributed by atoms with E-state index in [1.54, 1.807) is 43.5 Å². The van der Waals surface area contributed by atoms with Crippen LogP contribution in [-0.4, -0.2) is 46.9 Å². The van der Waals surface area contributed by atoms with Gasteiger partial charge in [0.25, 0.3) is 0 Å². The second-order valence-corrected chi connectivity index (χ2v) is 11.4. The zero-order valence-corrected chi connectivity index (χ0v) is 21.9. The molecule has 0 radical (unpaired) electrons. The van der Waals surface area contributed by atoms with E-state index in [4.69, 9.17) is 4.74 Å². The molecule has 1 saturated carbocycles. The molecule has 0 spiro atoms. The number of nitrogens with zero attached hydrogens (tertiary/aromatic N) is 2. The molecule has 2 aliphatic rings. The summed E-state index contributed by atoms with van der Waals surface area (Å²) >= 11 is 1.62. The number of benzene rings is 2. The molecule has 190 valence electrons. The molecular weight excluding hydrogens is 477 g/mol. The van der Waals surface area contributed by atoms with Gasteiger partial charge in [-0.05, 0) is 87.1 Å². The van der Waals surface area contributed by atoms with Gasteiger partial charge in [-0.3, -0.25) is 9.69 Å². The van der Waals surface area contributed by atoms with Crippen LogP contribution in [0.3, 0.4) is 0 Å². The second-order valence-electron chi connectivity index (χ2n) is 10.5. The minimum absolute atomic E-state index is 0.0317. The molecule has 4 atom stereocenters. The number of rotatable bonds is 6. The number of hydrogen-bond donors (Lipinski definition) is 1. The summed E-state index contributed by atoms with van der Waals surface area (Å²) < 4.78 is 20.6. The summed E-state index contributed by atoms with van der Waals surface area (Å²) in [6.07, 6.45) is 3.97. The molecule has 1 aliphatic heterocycles. The van der Waals surface area contributed by atoms with E-state index < -0.39 is 29.6 Å². The summed E-state index contributed by atoms with van der Waals surface area (Å²) in [5.41, 5.74) is 1.34. The minimum Gasteiger partial charge on any atom is -0.444 e. The van der Waals surface area contributed by atoms with Crippen LogP contribution in [0.25, 0.3) is 11.1 Å². The molecule has 2 fully saturated rings. The van der Waals surface area contributed by atoms with E-state index in [0.717, 1.165) is 35.3 Å². The third-order valence-electron chi connectivity index (χ3n) is 6.81. The SMILES string of the molecule is CSc1cccc(-c2ccc(CC(C#N)NC(=O)[C@@H]3C4CC[C@H](C4)N3C(=O)OC(C)(C)C)c(F)c2)c1. The molecule has 2 bridgehead atoms. The fourth-order valence-corrected chi connectivity index (χ4v) is 5.66. The zero-order valence-electron chi connectivity index (χ0n) is 21.1. The van der Waals surface area contributed by atoms with Gasteiger partial charge >= 0.3 is 6.09 Å². The van der Waals surface area contributed by atoms with Gasteiger partial charge in [-0.25, -0.2) is 9.18 Å². The maximum atomic E-state index is 15.0. The number of halogens is 1. The van der Waals surface area contributed by atoms with E-state index >= 15 is 4.39 Å². The van der Waals surface area contributed by atoms with E-state index in [-0.39, 0.29) is 24.3 Å². The number of hydrogen-bond acceptors (Lipinski definition) is 5. The number of likely N-dealkylation sites (tertiary alicyclic amines) is 1.